The van der Waals surface area contributed by atoms with Crippen molar-refractivity contribution in [3.63, 3.8) is 0 Å². The lowest BCUT2D eigenvalue weighted by Gasteiger charge is -2.33. The summed E-state index contributed by atoms with van der Waals surface area (Å²) in [5.74, 6) is -1.08. The summed E-state index contributed by atoms with van der Waals surface area (Å²) in [7, 11) is -3.63. The van der Waals surface area contributed by atoms with Gasteiger partial charge < -0.3 is 5.11 Å². The van der Waals surface area contributed by atoms with E-state index in [1.807, 2.05) is 18.2 Å². The number of para-hydroxylation sites is 1. The molecule has 21 heavy (non-hydrogen) atoms. The van der Waals surface area contributed by atoms with Gasteiger partial charge in [-0.15, -0.1) is 11.8 Å². The number of aliphatic carboxylic acids is 1. The van der Waals surface area contributed by atoms with Crippen LogP contribution in [0.5, 0.6) is 0 Å². The molecule has 0 aromatic heterocycles. The quantitative estimate of drug-likeness (QED) is 0.921. The van der Waals surface area contributed by atoms with E-state index >= 15 is 0 Å². The molecule has 5 nitrogen and oxygen atoms in total. The van der Waals surface area contributed by atoms with Gasteiger partial charge in [-0.25, -0.2) is 8.42 Å². The van der Waals surface area contributed by atoms with Crippen LogP contribution in [0, 0.1) is 5.92 Å². The molecule has 0 saturated heterocycles. The maximum Gasteiger partial charge on any atom is 0.307 e. The monoisotopic (exact) mass is 327 g/mol. The Hall–Kier alpha value is -1.21. The Labute approximate surface area is 128 Å². The van der Waals surface area contributed by atoms with Crippen LogP contribution in [0.1, 0.15) is 19.3 Å². The number of sulfonamides is 1. The second-order valence-corrected chi connectivity index (χ2v) is 8.56. The fourth-order valence-corrected chi connectivity index (χ4v) is 6.54. The van der Waals surface area contributed by atoms with Crippen molar-refractivity contribution in [2.45, 2.75) is 29.4 Å². The minimum Gasteiger partial charge on any atom is -0.481 e. The number of carbonyl (C=O) groups is 1. The molecule has 2 aliphatic rings. The van der Waals surface area contributed by atoms with Crippen molar-refractivity contribution in [1.82, 2.24) is 0 Å². The number of benzene rings is 1. The topological polar surface area (TPSA) is 74.7 Å². The number of nitrogens with zero attached hydrogens (tertiary/aromatic N) is 1. The summed E-state index contributed by atoms with van der Waals surface area (Å²) in [6.45, 7) is 0.410. The lowest BCUT2D eigenvalue weighted by molar-refractivity contribution is -0.141. The molecule has 0 spiro atoms. The van der Waals surface area contributed by atoms with Gasteiger partial charge in [0.2, 0.25) is 10.0 Å². The molecule has 2 unspecified atom stereocenters. The van der Waals surface area contributed by atoms with Crippen molar-refractivity contribution < 1.29 is 18.3 Å². The highest BCUT2D eigenvalue weighted by Gasteiger charge is 2.45. The Morgan fingerprint density at radius 2 is 2.05 bits per heavy atom. The van der Waals surface area contributed by atoms with Crippen LogP contribution in [0.3, 0.4) is 0 Å². The van der Waals surface area contributed by atoms with Crippen molar-refractivity contribution in [2.24, 2.45) is 5.92 Å². The SMILES string of the molecule is O=C(O)C1CCCC1S(=O)(=O)N1CCSc2ccccc21. The fourth-order valence-electron chi connectivity index (χ4n) is 3.14. The molecule has 7 heteroatoms. The average Bonchev–Trinajstić information content (AvgIpc) is 2.97. The van der Waals surface area contributed by atoms with E-state index in [4.69, 9.17) is 0 Å². The predicted molar refractivity (Wildman–Crippen MR) is 82.2 cm³/mol. The molecule has 0 radical (unpaired) electrons. The Morgan fingerprint density at radius 3 is 2.81 bits per heavy atom. The zero-order chi connectivity index (χ0) is 15.0. The average molecular weight is 327 g/mol. The number of carboxylic acids is 1. The van der Waals surface area contributed by atoms with E-state index in [1.165, 1.54) is 4.31 Å². The maximum atomic E-state index is 12.9. The Balaban J connectivity index is 1.98. The third-order valence-electron chi connectivity index (χ3n) is 4.15. The summed E-state index contributed by atoms with van der Waals surface area (Å²) < 4.78 is 27.3. The van der Waals surface area contributed by atoms with E-state index in [0.29, 0.717) is 37.2 Å². The van der Waals surface area contributed by atoms with Gasteiger partial charge in [-0.3, -0.25) is 9.10 Å². The fraction of sp³-hybridized carbons (Fsp3) is 0.500. The Bertz CT molecular complexity index is 659. The first-order valence-corrected chi connectivity index (χ1v) is 9.47. The van der Waals surface area contributed by atoms with Gasteiger partial charge in [0, 0.05) is 17.2 Å². The molecule has 2 atom stereocenters. The number of carboxylic acid groups (broad SMARTS) is 1. The van der Waals surface area contributed by atoms with Crippen molar-refractivity contribution >= 4 is 33.4 Å². The van der Waals surface area contributed by atoms with Gasteiger partial charge in [-0.2, -0.15) is 0 Å². The van der Waals surface area contributed by atoms with E-state index < -0.39 is 27.2 Å². The van der Waals surface area contributed by atoms with Gasteiger partial charge in [0.25, 0.3) is 0 Å². The highest BCUT2D eigenvalue weighted by molar-refractivity contribution is 8.00. The van der Waals surface area contributed by atoms with Gasteiger partial charge in [0.1, 0.15) is 0 Å². The molecule has 0 bridgehead atoms. The van der Waals surface area contributed by atoms with Crippen LogP contribution in [0.4, 0.5) is 5.69 Å². The van der Waals surface area contributed by atoms with E-state index in [-0.39, 0.29) is 0 Å². The molecule has 1 aromatic carbocycles. The zero-order valence-electron chi connectivity index (χ0n) is 11.4. The summed E-state index contributed by atoms with van der Waals surface area (Å²) >= 11 is 1.64. The highest BCUT2D eigenvalue weighted by atomic mass is 32.2. The second-order valence-electron chi connectivity index (χ2n) is 5.35. The van der Waals surface area contributed by atoms with Gasteiger partial charge >= 0.3 is 5.97 Å². The van der Waals surface area contributed by atoms with Crippen LogP contribution >= 0.6 is 11.8 Å². The van der Waals surface area contributed by atoms with Gasteiger partial charge in [-0.1, -0.05) is 18.6 Å². The molecule has 1 fully saturated rings. The summed E-state index contributed by atoms with van der Waals surface area (Å²) in [6.07, 6.45) is 1.54. The number of fused-ring (bicyclic) bond motifs is 1. The number of hydrogen-bond acceptors (Lipinski definition) is 4. The Kier molecular flexibility index (Phi) is 3.88. The van der Waals surface area contributed by atoms with E-state index in [9.17, 15) is 18.3 Å². The molecule has 1 aliphatic heterocycles. The summed E-state index contributed by atoms with van der Waals surface area (Å²) in [5, 5.41) is 8.45. The van der Waals surface area contributed by atoms with E-state index in [1.54, 1.807) is 17.8 Å². The predicted octanol–water partition coefficient (Wildman–Crippen LogP) is 2.18. The van der Waals surface area contributed by atoms with Crippen LogP contribution in [-0.2, 0) is 14.8 Å². The van der Waals surface area contributed by atoms with Crippen molar-refractivity contribution in [3.8, 4) is 0 Å². The van der Waals surface area contributed by atoms with Crippen LogP contribution in [0.2, 0.25) is 0 Å². The van der Waals surface area contributed by atoms with Crippen molar-refractivity contribution in [3.05, 3.63) is 24.3 Å². The molecule has 1 saturated carbocycles. The van der Waals surface area contributed by atoms with Crippen molar-refractivity contribution in [2.75, 3.05) is 16.6 Å². The summed E-state index contributed by atoms with van der Waals surface area (Å²) in [5.41, 5.74) is 0.685. The van der Waals surface area contributed by atoms with Crippen LogP contribution in [0.25, 0.3) is 0 Å². The molecule has 3 rings (SSSR count). The maximum absolute atomic E-state index is 12.9. The third kappa shape index (κ3) is 2.53. The van der Waals surface area contributed by atoms with Crippen molar-refractivity contribution in [1.29, 1.82) is 0 Å². The van der Waals surface area contributed by atoms with Crippen LogP contribution in [0.15, 0.2) is 29.2 Å². The number of thioether (sulfide) groups is 1. The van der Waals surface area contributed by atoms with E-state index in [0.717, 1.165) is 4.90 Å². The lowest BCUT2D eigenvalue weighted by Crippen LogP contribution is -2.44. The van der Waals surface area contributed by atoms with Gasteiger partial charge in [-0.05, 0) is 25.0 Å². The first-order valence-electron chi connectivity index (χ1n) is 6.98. The number of anilines is 1. The smallest absolute Gasteiger partial charge is 0.307 e. The van der Waals surface area contributed by atoms with Crippen LogP contribution in [-0.4, -0.2) is 37.0 Å². The highest BCUT2D eigenvalue weighted by Crippen LogP contribution is 2.40. The zero-order valence-corrected chi connectivity index (χ0v) is 13.1. The van der Waals surface area contributed by atoms with Gasteiger partial charge in [0.05, 0.1) is 16.9 Å². The standard InChI is InChI=1S/C14H17NO4S2/c16-14(17)10-4-3-7-13(10)21(18,19)15-8-9-20-12-6-2-1-5-11(12)15/h1-2,5-6,10,13H,3-4,7-9H2,(H,16,17). The second kappa shape index (κ2) is 5.53. The lowest BCUT2D eigenvalue weighted by atomic mass is 10.1. The molecule has 114 valence electrons. The minimum absolute atomic E-state index is 0.410. The minimum atomic E-state index is -3.63. The number of rotatable bonds is 3. The normalized spacial score (nSPS) is 25.6. The molecule has 1 aliphatic carbocycles. The van der Waals surface area contributed by atoms with Crippen LogP contribution < -0.4 is 4.31 Å². The summed E-state index contributed by atoms with van der Waals surface area (Å²) in [6, 6.07) is 7.41. The number of hydrogen-bond donors (Lipinski definition) is 1. The first kappa shape index (κ1) is 14.7. The molecule has 1 aromatic rings. The summed E-state index contributed by atoms with van der Waals surface area (Å²) in [4.78, 5) is 12.2. The third-order valence-corrected chi connectivity index (χ3v) is 7.51. The first-order chi connectivity index (χ1) is 10.0. The van der Waals surface area contributed by atoms with E-state index in [2.05, 4.69) is 0 Å². The molecule has 0 amide bonds. The van der Waals surface area contributed by atoms with Gasteiger partial charge in [0.15, 0.2) is 0 Å². The molecule has 1 N–H and O–H groups in total. The largest absolute Gasteiger partial charge is 0.481 e. The molecule has 1 heterocycles. The Morgan fingerprint density at radius 1 is 1.29 bits per heavy atom. The molecular weight excluding hydrogens is 310 g/mol. The molecular formula is C14H17NO4S2.